The lowest BCUT2D eigenvalue weighted by Gasteiger charge is -2.06. The Hall–Kier alpha value is -4.43. The number of hydrogen-bond donors (Lipinski definition) is 2. The molecule has 0 saturated heterocycles. The van der Waals surface area contributed by atoms with Crippen molar-refractivity contribution in [1.29, 1.82) is 0 Å². The topological polar surface area (TPSA) is 110 Å². The van der Waals surface area contributed by atoms with Crippen LogP contribution in [-0.2, 0) is 11.2 Å². The van der Waals surface area contributed by atoms with E-state index >= 15 is 0 Å². The lowest BCUT2D eigenvalue weighted by Crippen LogP contribution is -2.02. The molecule has 8 heteroatoms. The number of phenols is 1. The maximum Gasteiger partial charge on any atom is 0.346 e. The third-order valence-corrected chi connectivity index (χ3v) is 6.15. The molecule has 0 aliphatic carbocycles. The van der Waals surface area contributed by atoms with Crippen LogP contribution < -0.4 is 10.4 Å². The number of aromatic nitrogens is 1. The number of carboxylic acids is 1. The average Bonchev–Trinajstić information content (AvgIpc) is 3.22. The molecule has 0 fully saturated rings. The zero-order valence-electron chi connectivity index (χ0n) is 17.6. The molecule has 34 heavy (non-hydrogen) atoms. The number of nitrogens with zero attached hydrogens (tertiary/aromatic N) is 1. The number of aliphatic carboxylic acids is 1. The standard InChI is InChI=1S/C26H17NO6S/c28-17-9-6-16-12-20(26(31)33-21(16)13-17)25-27-24(22(34-25)14-23(29)30)15-7-10-19(11-8-15)32-18-4-2-1-3-5-18/h1-13,28H,14H2,(H,29,30). The number of carbonyl (C=O) groups is 1. The van der Waals surface area contributed by atoms with Crippen molar-refractivity contribution < 1.29 is 24.2 Å². The van der Waals surface area contributed by atoms with Crippen molar-refractivity contribution in [2.75, 3.05) is 0 Å². The molecule has 168 valence electrons. The summed E-state index contributed by atoms with van der Waals surface area (Å²) in [4.78, 5) is 29.2. The number of aromatic hydroxyl groups is 1. The van der Waals surface area contributed by atoms with Crippen LogP contribution in [0.4, 0.5) is 0 Å². The number of phenolic OH excluding ortho intramolecular Hbond substituents is 1. The van der Waals surface area contributed by atoms with Gasteiger partial charge in [0.05, 0.1) is 17.7 Å². The van der Waals surface area contributed by atoms with Gasteiger partial charge in [0.25, 0.3) is 0 Å². The molecule has 0 spiro atoms. The van der Waals surface area contributed by atoms with E-state index < -0.39 is 11.6 Å². The molecule has 0 atom stereocenters. The maximum atomic E-state index is 12.6. The first-order valence-corrected chi connectivity index (χ1v) is 11.1. The van der Waals surface area contributed by atoms with Crippen LogP contribution in [0.25, 0.3) is 32.8 Å². The van der Waals surface area contributed by atoms with Crippen LogP contribution in [0, 0.1) is 0 Å². The number of hydrogen-bond acceptors (Lipinski definition) is 7. The first kappa shape index (κ1) is 21.4. The fourth-order valence-corrected chi connectivity index (χ4v) is 4.58. The monoisotopic (exact) mass is 471 g/mol. The number of carboxylic acid groups (broad SMARTS) is 1. The average molecular weight is 471 g/mol. The Morgan fingerprint density at radius 1 is 0.971 bits per heavy atom. The molecule has 0 bridgehead atoms. The Bertz CT molecular complexity index is 1550. The molecule has 0 aliphatic rings. The van der Waals surface area contributed by atoms with E-state index in [1.54, 1.807) is 36.4 Å². The highest BCUT2D eigenvalue weighted by Crippen LogP contribution is 2.35. The first-order valence-electron chi connectivity index (χ1n) is 10.3. The molecule has 0 radical (unpaired) electrons. The van der Waals surface area contributed by atoms with Gasteiger partial charge in [0.15, 0.2) is 0 Å². The highest BCUT2D eigenvalue weighted by atomic mass is 32.1. The molecule has 5 rings (SSSR count). The summed E-state index contributed by atoms with van der Waals surface area (Å²) in [6, 6.07) is 22.6. The van der Waals surface area contributed by atoms with E-state index in [4.69, 9.17) is 9.15 Å². The van der Waals surface area contributed by atoms with Gasteiger partial charge in [-0.2, -0.15) is 0 Å². The van der Waals surface area contributed by atoms with Crippen molar-refractivity contribution in [3.63, 3.8) is 0 Å². The minimum absolute atomic E-state index is 0.0108. The van der Waals surface area contributed by atoms with Gasteiger partial charge in [-0.05, 0) is 54.6 Å². The molecule has 5 aromatic rings. The molecule has 0 amide bonds. The Morgan fingerprint density at radius 2 is 1.71 bits per heavy atom. The summed E-state index contributed by atoms with van der Waals surface area (Å²) in [6.07, 6.45) is -0.234. The first-order chi connectivity index (χ1) is 16.5. The molecule has 0 unspecified atom stereocenters. The Balaban J connectivity index is 1.53. The number of benzene rings is 3. The van der Waals surface area contributed by atoms with Crippen LogP contribution in [0.15, 0.2) is 88.1 Å². The van der Waals surface area contributed by atoms with Gasteiger partial charge >= 0.3 is 11.6 Å². The second-order valence-corrected chi connectivity index (χ2v) is 8.55. The van der Waals surface area contributed by atoms with Gasteiger partial charge < -0.3 is 19.4 Å². The third-order valence-electron chi connectivity index (χ3n) is 5.07. The number of thiazole rings is 1. The fourth-order valence-electron chi connectivity index (χ4n) is 3.50. The van der Waals surface area contributed by atoms with E-state index in [0.717, 1.165) is 11.3 Å². The zero-order chi connectivity index (χ0) is 23.7. The lowest BCUT2D eigenvalue weighted by molar-refractivity contribution is -0.136. The Morgan fingerprint density at radius 3 is 2.44 bits per heavy atom. The van der Waals surface area contributed by atoms with E-state index in [1.165, 1.54) is 12.1 Å². The molecule has 0 aliphatic heterocycles. The fraction of sp³-hybridized carbons (Fsp3) is 0.0385. The molecule has 3 aromatic carbocycles. The lowest BCUT2D eigenvalue weighted by atomic mass is 10.1. The smallest absolute Gasteiger partial charge is 0.346 e. The minimum Gasteiger partial charge on any atom is -0.508 e. The van der Waals surface area contributed by atoms with Crippen LogP contribution in [0.1, 0.15) is 4.88 Å². The van der Waals surface area contributed by atoms with Gasteiger partial charge in [0.1, 0.15) is 27.8 Å². The van der Waals surface area contributed by atoms with Crippen molar-refractivity contribution in [2.24, 2.45) is 0 Å². The SMILES string of the molecule is O=C(O)Cc1sc(-c2cc3ccc(O)cc3oc2=O)nc1-c1ccc(Oc2ccccc2)cc1. The van der Waals surface area contributed by atoms with Gasteiger partial charge in [-0.1, -0.05) is 18.2 Å². The van der Waals surface area contributed by atoms with Crippen molar-refractivity contribution in [3.05, 3.63) is 94.2 Å². The van der Waals surface area contributed by atoms with E-state index in [0.29, 0.717) is 38.0 Å². The van der Waals surface area contributed by atoms with Crippen LogP contribution in [0.2, 0.25) is 0 Å². The van der Waals surface area contributed by atoms with Crippen LogP contribution in [0.5, 0.6) is 17.2 Å². The Labute approximate surface area is 197 Å². The predicted molar refractivity (Wildman–Crippen MR) is 129 cm³/mol. The third kappa shape index (κ3) is 4.39. The van der Waals surface area contributed by atoms with Gasteiger partial charge in [-0.3, -0.25) is 4.79 Å². The van der Waals surface area contributed by atoms with Gasteiger partial charge in [-0.15, -0.1) is 11.3 Å². The van der Waals surface area contributed by atoms with Crippen LogP contribution >= 0.6 is 11.3 Å². The molecular formula is C26H17NO6S. The summed E-state index contributed by atoms with van der Waals surface area (Å²) in [5.41, 5.74) is 1.05. The molecule has 0 saturated carbocycles. The summed E-state index contributed by atoms with van der Waals surface area (Å²) in [5, 5.41) is 20.0. The Kier molecular flexibility index (Phi) is 5.57. The molecule has 7 nitrogen and oxygen atoms in total. The summed E-state index contributed by atoms with van der Waals surface area (Å²) in [7, 11) is 0. The largest absolute Gasteiger partial charge is 0.508 e. The molecule has 2 N–H and O–H groups in total. The summed E-state index contributed by atoms with van der Waals surface area (Å²) in [5.74, 6) is 0.322. The van der Waals surface area contributed by atoms with Crippen molar-refractivity contribution in [1.82, 2.24) is 4.98 Å². The summed E-state index contributed by atoms with van der Waals surface area (Å²) < 4.78 is 11.2. The minimum atomic E-state index is -0.999. The van der Waals surface area contributed by atoms with E-state index in [1.807, 2.05) is 30.3 Å². The van der Waals surface area contributed by atoms with Crippen molar-refractivity contribution >= 4 is 28.3 Å². The van der Waals surface area contributed by atoms with Crippen LogP contribution in [-0.4, -0.2) is 21.2 Å². The highest BCUT2D eigenvalue weighted by molar-refractivity contribution is 7.15. The van der Waals surface area contributed by atoms with Gasteiger partial charge in [0, 0.05) is 21.9 Å². The van der Waals surface area contributed by atoms with Crippen molar-refractivity contribution in [3.8, 4) is 39.1 Å². The van der Waals surface area contributed by atoms with Crippen molar-refractivity contribution in [2.45, 2.75) is 6.42 Å². The van der Waals surface area contributed by atoms with Gasteiger partial charge in [0.2, 0.25) is 0 Å². The van der Waals surface area contributed by atoms with E-state index in [-0.39, 0.29) is 23.3 Å². The maximum absolute atomic E-state index is 12.6. The van der Waals surface area contributed by atoms with Gasteiger partial charge in [-0.25, -0.2) is 9.78 Å². The summed E-state index contributed by atoms with van der Waals surface area (Å²) >= 11 is 1.14. The zero-order valence-corrected chi connectivity index (χ0v) is 18.4. The molecule has 2 aromatic heterocycles. The second kappa shape index (κ2) is 8.84. The summed E-state index contributed by atoms with van der Waals surface area (Å²) in [6.45, 7) is 0. The second-order valence-electron chi connectivity index (χ2n) is 7.47. The number of para-hydroxylation sites is 1. The highest BCUT2D eigenvalue weighted by Gasteiger charge is 2.20. The molecule has 2 heterocycles. The number of rotatable bonds is 6. The molecular weight excluding hydrogens is 454 g/mol. The number of ether oxygens (including phenoxy) is 1. The number of fused-ring (bicyclic) bond motifs is 1. The van der Waals surface area contributed by atoms with E-state index in [9.17, 15) is 19.8 Å². The quantitative estimate of drug-likeness (QED) is 0.305. The van der Waals surface area contributed by atoms with Crippen LogP contribution in [0.3, 0.4) is 0 Å². The predicted octanol–water partition coefficient (Wildman–Crippen LogP) is 5.71. The normalized spacial score (nSPS) is 10.9. The van der Waals surface area contributed by atoms with E-state index in [2.05, 4.69) is 4.98 Å².